The summed E-state index contributed by atoms with van der Waals surface area (Å²) in [6.45, 7) is 7.63. The lowest BCUT2D eigenvalue weighted by atomic mass is 9.96. The number of aliphatic imine (C=N–C) groups is 1. The van der Waals surface area contributed by atoms with Gasteiger partial charge < -0.3 is 89.8 Å². The molecule has 11 atom stereocenters. The Bertz CT molecular complexity index is 3050. The summed E-state index contributed by atoms with van der Waals surface area (Å²) in [5.41, 5.74) is 18.3. The molecule has 10 amide bonds. The number of H-pyrrole nitrogens is 1. The number of imidazole rings is 1. The highest BCUT2D eigenvalue weighted by molar-refractivity contribution is 5.99. The van der Waals surface area contributed by atoms with Crippen LogP contribution in [0.2, 0.25) is 0 Å². The molecule has 3 heterocycles. The molecule has 0 bridgehead atoms. The van der Waals surface area contributed by atoms with Gasteiger partial charge in [-0.1, -0.05) is 76.6 Å². The lowest BCUT2D eigenvalue weighted by Gasteiger charge is -2.32. The van der Waals surface area contributed by atoms with E-state index in [1.165, 1.54) is 53.5 Å². The van der Waals surface area contributed by atoms with Crippen LogP contribution in [0.5, 0.6) is 5.75 Å². The van der Waals surface area contributed by atoms with Crippen molar-refractivity contribution in [3.05, 3.63) is 83.9 Å². The van der Waals surface area contributed by atoms with Crippen LogP contribution in [0.15, 0.2) is 72.1 Å². The van der Waals surface area contributed by atoms with Gasteiger partial charge in [0.05, 0.1) is 25.3 Å². The fourth-order valence-electron chi connectivity index (χ4n) is 10.5. The normalized spacial score (nSPS) is 17.4. The zero-order valence-electron chi connectivity index (χ0n) is 51.6. The minimum absolute atomic E-state index is 0.0245. The van der Waals surface area contributed by atoms with Gasteiger partial charge in [0.15, 0.2) is 5.96 Å². The van der Waals surface area contributed by atoms with Crippen molar-refractivity contribution in [2.75, 3.05) is 26.2 Å². The Hall–Kier alpha value is -9.68. The summed E-state index contributed by atoms with van der Waals surface area (Å²) in [6, 6.07) is 1.09. The van der Waals surface area contributed by atoms with Crippen molar-refractivity contribution in [3.8, 4) is 5.75 Å². The third-order valence-electron chi connectivity index (χ3n) is 15.6. The molecular weight excluding hydrogens is 1180 g/mol. The van der Waals surface area contributed by atoms with Gasteiger partial charge >= 0.3 is 11.9 Å². The number of phenolic OH excluding ortho intramolecular Hbond substituents is 1. The first-order valence-corrected chi connectivity index (χ1v) is 30.2. The Morgan fingerprint density at radius 3 is 1.79 bits per heavy atom. The molecule has 31 heteroatoms. The molecule has 2 aromatic carbocycles. The van der Waals surface area contributed by atoms with Gasteiger partial charge in [-0.05, 0) is 80.5 Å². The maximum Gasteiger partial charge on any atom is 0.326 e. The SMILES string of the molecule is CC[C@H](C)[C@H](NC(=O)[C@H](Cc1ccc(O)cc1)NC(=O)[C@@H](NC(=O)[C@H](CCCN=C(N)N)NC(=O)[C@H](CC(=O)O)NC(=O)CNC(=O)[C@@H]1CCCN1C(=O)[C@H](C)N)C(C)C)C(=O)N[C@@H](Cc1cnc[nH]1)C(=O)N1CCC[C@H]1C(=O)N[C@@H](Cc1ccccc1)C(=O)O. The van der Waals surface area contributed by atoms with Crippen LogP contribution in [0.3, 0.4) is 0 Å². The van der Waals surface area contributed by atoms with Crippen molar-refractivity contribution in [1.82, 2.24) is 62.3 Å². The number of nitrogens with zero attached hydrogens (tertiary/aromatic N) is 4. The molecule has 31 nitrogen and oxygen atoms in total. The molecule has 2 aliphatic heterocycles. The van der Waals surface area contributed by atoms with Crippen molar-refractivity contribution in [1.29, 1.82) is 0 Å². The number of aromatic amines is 1. The number of guanidine groups is 1. The first-order valence-electron chi connectivity index (χ1n) is 30.2. The maximum atomic E-state index is 14.8. The van der Waals surface area contributed by atoms with Crippen LogP contribution in [0, 0.1) is 11.8 Å². The van der Waals surface area contributed by atoms with Gasteiger partial charge in [0.1, 0.15) is 60.1 Å². The van der Waals surface area contributed by atoms with Gasteiger partial charge in [0.2, 0.25) is 59.1 Å². The highest BCUT2D eigenvalue weighted by Gasteiger charge is 2.42. The lowest BCUT2D eigenvalue weighted by molar-refractivity contribution is -0.145. The Morgan fingerprint density at radius 2 is 1.21 bits per heavy atom. The minimum Gasteiger partial charge on any atom is -0.508 e. The number of likely N-dealkylation sites (tertiary alicyclic amines) is 2. The molecular formula is C60H86N16O15. The quantitative estimate of drug-likeness (QED) is 0.0164. The molecule has 2 aliphatic rings. The second-order valence-electron chi connectivity index (χ2n) is 23.1. The monoisotopic (exact) mass is 1270 g/mol. The number of carbonyl (C=O) groups is 12. The molecule has 1 aromatic heterocycles. The van der Waals surface area contributed by atoms with E-state index >= 15 is 0 Å². The van der Waals surface area contributed by atoms with Crippen LogP contribution in [-0.4, -0.2) is 199 Å². The van der Waals surface area contributed by atoms with E-state index in [4.69, 9.17) is 17.2 Å². The van der Waals surface area contributed by atoms with Crippen molar-refractivity contribution >= 4 is 77.0 Å². The highest BCUT2D eigenvalue weighted by Crippen LogP contribution is 2.22. The Kier molecular flexibility index (Phi) is 27.6. The van der Waals surface area contributed by atoms with Crippen LogP contribution in [0.1, 0.15) is 103 Å². The molecule has 0 radical (unpaired) electrons. The molecule has 2 saturated heterocycles. The zero-order valence-corrected chi connectivity index (χ0v) is 51.6. The predicted molar refractivity (Wildman–Crippen MR) is 328 cm³/mol. The van der Waals surface area contributed by atoms with Crippen LogP contribution < -0.4 is 59.7 Å². The Balaban J connectivity index is 1.35. The largest absolute Gasteiger partial charge is 0.508 e. The number of aromatic hydroxyl groups is 1. The summed E-state index contributed by atoms with van der Waals surface area (Å²) in [7, 11) is 0. The fraction of sp³-hybridized carbons (Fsp3) is 0.533. The molecule has 18 N–H and O–H groups in total. The van der Waals surface area contributed by atoms with E-state index in [0.717, 1.165) is 0 Å². The topological polar surface area (TPSA) is 487 Å². The second-order valence-corrected chi connectivity index (χ2v) is 23.1. The second kappa shape index (κ2) is 34.9. The van der Waals surface area contributed by atoms with E-state index in [1.54, 1.807) is 58.0 Å². The smallest absolute Gasteiger partial charge is 0.326 e. The standard InChI is InChI=1S/C60H86N16O15/c1-6-33(4)49(56(87)71-42(27-37-29-64-31-67-37)58(89)76-24-12-17-45(76)54(85)72-43(59(90)91)26-35-13-8-7-9-14-35)74-52(83)40(25-36-18-20-38(77)21-19-36)70-55(86)48(32(2)3)73-50(81)39(15-10-22-65-60(62)63)69-51(82)41(28-47(79)80)68-46(78)30-66-53(84)44-16-11-23-75(44)57(88)34(5)61/h7-9,13-14,18-21,29,31-34,39-45,48-49,77H,6,10-12,15-17,22-28,30,61H2,1-5H3,(H,64,67)(H,66,84)(H,68,78)(H,69,82)(H,70,86)(H,71,87)(H,72,85)(H,73,81)(H,74,83)(H,79,80)(H,90,91)(H4,62,63,65)/t33-,34-,39-,40-,41-,42-,43-,44-,45-,48-,49-/m0/s1. The van der Waals surface area contributed by atoms with E-state index < -0.39 is 156 Å². The number of hydrogen-bond donors (Lipinski definition) is 15. The first kappa shape index (κ1) is 72.1. The summed E-state index contributed by atoms with van der Waals surface area (Å²) >= 11 is 0. The number of nitrogens with two attached hydrogens (primary N) is 3. The van der Waals surface area contributed by atoms with Gasteiger partial charge in [-0.2, -0.15) is 0 Å². The molecule has 91 heavy (non-hydrogen) atoms. The fourth-order valence-corrected chi connectivity index (χ4v) is 10.5. The molecule has 0 saturated carbocycles. The van der Waals surface area contributed by atoms with E-state index in [-0.39, 0.29) is 69.9 Å². The summed E-state index contributed by atoms with van der Waals surface area (Å²) in [5, 5.41) is 50.5. The molecule has 0 aliphatic carbocycles. The summed E-state index contributed by atoms with van der Waals surface area (Å²) in [6.07, 6.45) is 2.93. The van der Waals surface area contributed by atoms with Crippen LogP contribution in [-0.2, 0) is 76.8 Å². The van der Waals surface area contributed by atoms with Crippen molar-refractivity contribution in [2.24, 2.45) is 34.0 Å². The number of amides is 10. The number of aliphatic carboxylic acids is 2. The van der Waals surface area contributed by atoms with Gasteiger partial charge in [-0.25, -0.2) is 9.78 Å². The average Bonchev–Trinajstić information content (AvgIpc) is 2.04. The Morgan fingerprint density at radius 1 is 0.648 bits per heavy atom. The van der Waals surface area contributed by atoms with E-state index in [2.05, 4.69) is 57.5 Å². The number of aromatic nitrogens is 2. The number of carbonyl (C=O) groups excluding carboxylic acids is 10. The van der Waals surface area contributed by atoms with Crippen LogP contribution in [0.25, 0.3) is 0 Å². The number of phenols is 1. The zero-order chi connectivity index (χ0) is 67.1. The number of carboxylic acids is 2. The van der Waals surface area contributed by atoms with Crippen molar-refractivity contribution in [2.45, 2.75) is 166 Å². The van der Waals surface area contributed by atoms with Gasteiger partial charge in [-0.15, -0.1) is 0 Å². The number of rotatable bonds is 34. The van der Waals surface area contributed by atoms with E-state index in [1.807, 2.05) is 0 Å². The average molecular weight is 1270 g/mol. The summed E-state index contributed by atoms with van der Waals surface area (Å²) < 4.78 is 0. The molecule has 5 rings (SSSR count). The highest BCUT2D eigenvalue weighted by atomic mass is 16.4. The molecule has 2 fully saturated rings. The van der Waals surface area contributed by atoms with Gasteiger partial charge in [0.25, 0.3) is 0 Å². The van der Waals surface area contributed by atoms with Crippen molar-refractivity contribution in [3.63, 3.8) is 0 Å². The first-order chi connectivity index (χ1) is 43.2. The number of benzene rings is 2. The van der Waals surface area contributed by atoms with Gasteiger partial charge in [-0.3, -0.25) is 57.7 Å². The summed E-state index contributed by atoms with van der Waals surface area (Å²) in [4.78, 5) is 178. The maximum absolute atomic E-state index is 14.8. The molecule has 496 valence electrons. The van der Waals surface area contributed by atoms with Crippen LogP contribution >= 0.6 is 0 Å². The van der Waals surface area contributed by atoms with Gasteiger partial charge in [0, 0.05) is 50.8 Å². The lowest BCUT2D eigenvalue weighted by Crippen LogP contribution is -2.62. The van der Waals surface area contributed by atoms with E-state index in [0.29, 0.717) is 42.5 Å². The molecule has 0 spiro atoms. The van der Waals surface area contributed by atoms with Crippen molar-refractivity contribution < 1.29 is 72.9 Å². The summed E-state index contributed by atoms with van der Waals surface area (Å²) in [5.74, 6) is -12.8. The third kappa shape index (κ3) is 22.1. The Labute approximate surface area is 526 Å². The molecule has 0 unspecified atom stereocenters. The molecule has 3 aromatic rings. The number of nitrogens with one attached hydrogen (secondary N) is 9. The predicted octanol–water partition coefficient (Wildman–Crippen LogP) is -2.70. The van der Waals surface area contributed by atoms with E-state index in [9.17, 15) is 72.9 Å². The third-order valence-corrected chi connectivity index (χ3v) is 15.6. The van der Waals surface area contributed by atoms with Crippen LogP contribution in [0.4, 0.5) is 0 Å². The number of carboxylic acid groups (broad SMARTS) is 2. The number of hydrogen-bond acceptors (Lipinski definition) is 16. The minimum atomic E-state index is -1.81.